The SMILES string of the molecule is CCn1cc(C(=O)N2CCC(c3ccn4nccc4n3)CC2)cn1. The summed E-state index contributed by atoms with van der Waals surface area (Å²) in [5.41, 5.74) is 2.64. The van der Waals surface area contributed by atoms with E-state index >= 15 is 0 Å². The zero-order chi connectivity index (χ0) is 16.5. The molecule has 3 aromatic heterocycles. The van der Waals surface area contributed by atoms with Crippen LogP contribution in [0.5, 0.6) is 0 Å². The number of hydrogen-bond acceptors (Lipinski definition) is 4. The van der Waals surface area contributed by atoms with Crippen LogP contribution < -0.4 is 0 Å². The molecule has 1 aliphatic rings. The molecule has 0 bridgehead atoms. The topological polar surface area (TPSA) is 68.3 Å². The van der Waals surface area contributed by atoms with Crippen molar-refractivity contribution in [2.75, 3.05) is 13.1 Å². The van der Waals surface area contributed by atoms with Crippen LogP contribution >= 0.6 is 0 Å². The Morgan fingerprint density at radius 2 is 2.08 bits per heavy atom. The number of hydrogen-bond donors (Lipinski definition) is 0. The molecule has 0 spiro atoms. The van der Waals surface area contributed by atoms with Crippen molar-refractivity contribution in [2.24, 2.45) is 0 Å². The van der Waals surface area contributed by atoms with Gasteiger partial charge in [-0.15, -0.1) is 0 Å². The number of fused-ring (bicyclic) bond motifs is 1. The van der Waals surface area contributed by atoms with Gasteiger partial charge in [0, 0.05) is 49.7 Å². The van der Waals surface area contributed by atoms with E-state index in [-0.39, 0.29) is 5.91 Å². The molecule has 1 saturated heterocycles. The quantitative estimate of drug-likeness (QED) is 0.738. The monoisotopic (exact) mass is 324 g/mol. The van der Waals surface area contributed by atoms with Crippen LogP contribution in [0.4, 0.5) is 0 Å². The minimum Gasteiger partial charge on any atom is -0.339 e. The number of nitrogens with zero attached hydrogens (tertiary/aromatic N) is 6. The lowest BCUT2D eigenvalue weighted by atomic mass is 9.93. The van der Waals surface area contributed by atoms with Gasteiger partial charge in [-0.25, -0.2) is 9.50 Å². The maximum absolute atomic E-state index is 12.6. The Morgan fingerprint density at radius 3 is 2.83 bits per heavy atom. The van der Waals surface area contributed by atoms with Gasteiger partial charge in [0.05, 0.1) is 18.0 Å². The Morgan fingerprint density at radius 1 is 1.25 bits per heavy atom. The van der Waals surface area contributed by atoms with Crippen LogP contribution in [0.25, 0.3) is 5.65 Å². The van der Waals surface area contributed by atoms with Gasteiger partial charge >= 0.3 is 0 Å². The predicted molar refractivity (Wildman–Crippen MR) is 88.8 cm³/mol. The lowest BCUT2D eigenvalue weighted by Crippen LogP contribution is -2.38. The lowest BCUT2D eigenvalue weighted by molar-refractivity contribution is 0.0712. The lowest BCUT2D eigenvalue weighted by Gasteiger charge is -2.31. The van der Waals surface area contributed by atoms with Crippen molar-refractivity contribution in [2.45, 2.75) is 32.2 Å². The second-order valence-corrected chi connectivity index (χ2v) is 6.14. The Hall–Kier alpha value is -2.70. The minimum absolute atomic E-state index is 0.0763. The van der Waals surface area contributed by atoms with Crippen molar-refractivity contribution >= 4 is 11.6 Å². The molecule has 1 fully saturated rings. The van der Waals surface area contributed by atoms with Gasteiger partial charge in [-0.2, -0.15) is 10.2 Å². The summed E-state index contributed by atoms with van der Waals surface area (Å²) in [5.74, 6) is 0.472. The highest BCUT2D eigenvalue weighted by Gasteiger charge is 2.26. The highest BCUT2D eigenvalue weighted by atomic mass is 16.2. The van der Waals surface area contributed by atoms with Gasteiger partial charge in [0.2, 0.25) is 0 Å². The normalized spacial score (nSPS) is 16.0. The van der Waals surface area contributed by atoms with E-state index in [1.54, 1.807) is 21.6 Å². The van der Waals surface area contributed by atoms with Crippen LogP contribution in [0.3, 0.4) is 0 Å². The number of piperidine rings is 1. The molecule has 0 aromatic carbocycles. The third kappa shape index (κ3) is 2.66. The van der Waals surface area contributed by atoms with Gasteiger partial charge in [0.1, 0.15) is 0 Å². The van der Waals surface area contributed by atoms with E-state index in [4.69, 9.17) is 0 Å². The van der Waals surface area contributed by atoms with E-state index in [0.29, 0.717) is 11.5 Å². The number of likely N-dealkylation sites (tertiary alicyclic amines) is 1. The molecule has 4 heterocycles. The number of aromatic nitrogens is 5. The fourth-order valence-corrected chi connectivity index (χ4v) is 3.26. The van der Waals surface area contributed by atoms with E-state index in [0.717, 1.165) is 43.8 Å². The molecule has 7 nitrogen and oxygen atoms in total. The Labute approximate surface area is 139 Å². The van der Waals surface area contributed by atoms with E-state index in [1.807, 2.05) is 36.4 Å². The first kappa shape index (κ1) is 14.9. The van der Waals surface area contributed by atoms with Crippen molar-refractivity contribution in [1.29, 1.82) is 0 Å². The zero-order valence-electron chi connectivity index (χ0n) is 13.7. The average molecular weight is 324 g/mol. The van der Waals surface area contributed by atoms with Crippen LogP contribution in [-0.4, -0.2) is 48.3 Å². The van der Waals surface area contributed by atoms with E-state index in [1.165, 1.54) is 0 Å². The van der Waals surface area contributed by atoms with Crippen molar-refractivity contribution < 1.29 is 4.79 Å². The molecule has 1 aliphatic heterocycles. The summed E-state index contributed by atoms with van der Waals surface area (Å²) >= 11 is 0. The molecule has 24 heavy (non-hydrogen) atoms. The number of carbonyl (C=O) groups is 1. The van der Waals surface area contributed by atoms with Crippen molar-refractivity contribution in [1.82, 2.24) is 29.3 Å². The van der Waals surface area contributed by atoms with E-state index in [2.05, 4.69) is 15.2 Å². The Balaban J connectivity index is 1.43. The van der Waals surface area contributed by atoms with E-state index < -0.39 is 0 Å². The second kappa shape index (κ2) is 6.07. The van der Waals surface area contributed by atoms with Gasteiger partial charge < -0.3 is 4.90 Å². The molecule has 7 heteroatoms. The number of carbonyl (C=O) groups excluding carboxylic acids is 1. The fraction of sp³-hybridized carbons (Fsp3) is 0.412. The van der Waals surface area contributed by atoms with Crippen LogP contribution in [-0.2, 0) is 6.54 Å². The summed E-state index contributed by atoms with van der Waals surface area (Å²) in [6.07, 6.45) is 9.06. The largest absolute Gasteiger partial charge is 0.339 e. The molecular formula is C17H20N6O. The van der Waals surface area contributed by atoms with Crippen molar-refractivity contribution in [3.05, 3.63) is 48.2 Å². The molecule has 0 unspecified atom stereocenters. The summed E-state index contributed by atoms with van der Waals surface area (Å²) in [5, 5.41) is 8.36. The molecule has 0 saturated carbocycles. The van der Waals surface area contributed by atoms with Crippen LogP contribution in [0, 0.1) is 0 Å². The second-order valence-electron chi connectivity index (χ2n) is 6.14. The molecule has 0 aliphatic carbocycles. The van der Waals surface area contributed by atoms with Gasteiger partial charge in [-0.3, -0.25) is 9.48 Å². The molecule has 0 atom stereocenters. The standard InChI is InChI=1S/C17H20N6O/c1-2-22-12-14(11-19-22)17(24)21-8-4-13(5-9-21)15-6-10-23-16(20-15)3-7-18-23/h3,6-7,10-13H,2,4-5,8-9H2,1H3. The maximum atomic E-state index is 12.6. The summed E-state index contributed by atoms with van der Waals surface area (Å²) in [4.78, 5) is 19.2. The highest BCUT2D eigenvalue weighted by Crippen LogP contribution is 2.27. The van der Waals surface area contributed by atoms with Crippen molar-refractivity contribution in [3.63, 3.8) is 0 Å². The third-order valence-electron chi connectivity index (χ3n) is 4.68. The Kier molecular flexibility index (Phi) is 3.76. The van der Waals surface area contributed by atoms with Gasteiger partial charge in [-0.1, -0.05) is 0 Å². The predicted octanol–water partition coefficient (Wildman–Crippen LogP) is 1.97. The molecular weight excluding hydrogens is 304 g/mol. The summed E-state index contributed by atoms with van der Waals surface area (Å²) in [6, 6.07) is 3.95. The summed E-state index contributed by atoms with van der Waals surface area (Å²) in [6.45, 7) is 4.30. The molecule has 3 aromatic rings. The molecule has 0 radical (unpaired) electrons. The first-order valence-electron chi connectivity index (χ1n) is 8.36. The van der Waals surface area contributed by atoms with Crippen LogP contribution in [0.15, 0.2) is 36.9 Å². The fourth-order valence-electron chi connectivity index (χ4n) is 3.26. The van der Waals surface area contributed by atoms with Crippen LogP contribution in [0.1, 0.15) is 41.7 Å². The maximum Gasteiger partial charge on any atom is 0.257 e. The molecule has 0 N–H and O–H groups in total. The summed E-state index contributed by atoms with van der Waals surface area (Å²) < 4.78 is 3.55. The van der Waals surface area contributed by atoms with E-state index in [9.17, 15) is 4.79 Å². The number of amides is 1. The molecule has 4 rings (SSSR count). The molecule has 1 amide bonds. The van der Waals surface area contributed by atoms with Crippen molar-refractivity contribution in [3.8, 4) is 0 Å². The summed E-state index contributed by atoms with van der Waals surface area (Å²) in [7, 11) is 0. The first-order valence-corrected chi connectivity index (χ1v) is 8.36. The third-order valence-corrected chi connectivity index (χ3v) is 4.68. The smallest absolute Gasteiger partial charge is 0.257 e. The average Bonchev–Trinajstić information content (AvgIpc) is 3.29. The van der Waals surface area contributed by atoms with Gasteiger partial charge in [0.25, 0.3) is 5.91 Å². The highest BCUT2D eigenvalue weighted by molar-refractivity contribution is 5.93. The minimum atomic E-state index is 0.0763. The number of aryl methyl sites for hydroxylation is 1. The Bertz CT molecular complexity index is 859. The zero-order valence-corrected chi connectivity index (χ0v) is 13.7. The van der Waals surface area contributed by atoms with Crippen LogP contribution in [0.2, 0.25) is 0 Å². The number of rotatable bonds is 3. The first-order chi connectivity index (χ1) is 11.7. The van der Waals surface area contributed by atoms with Gasteiger partial charge in [-0.05, 0) is 25.8 Å². The molecule has 124 valence electrons. The van der Waals surface area contributed by atoms with Gasteiger partial charge in [0.15, 0.2) is 5.65 Å².